The first-order valence-corrected chi connectivity index (χ1v) is 10.0. The number of para-hydroxylation sites is 1. The highest BCUT2D eigenvalue weighted by molar-refractivity contribution is 5.93. The molecule has 2 aromatic rings. The minimum Gasteiger partial charge on any atom is -0.459 e. The molecule has 1 atom stereocenters. The number of amides is 1. The standard InChI is InChI=1S/C22H29N3O2/c1-16-13-18-5-3-4-6-20(18)25(16)15-19-9-12-27-21(19)22(26)24-10-7-17(8-11-24)14-23-2/h3-6,9,12,16-17,23H,7-8,10-11,13-15H2,1-2H3. The number of anilines is 1. The Balaban J connectivity index is 1.47. The van der Waals surface area contributed by atoms with E-state index in [1.54, 1.807) is 6.26 Å². The second kappa shape index (κ2) is 7.77. The molecule has 2 aliphatic heterocycles. The number of nitrogens with one attached hydrogen (secondary N) is 1. The fourth-order valence-electron chi connectivity index (χ4n) is 4.47. The van der Waals surface area contributed by atoms with Crippen LogP contribution in [0.1, 0.15) is 41.4 Å². The van der Waals surface area contributed by atoms with Gasteiger partial charge in [-0.15, -0.1) is 0 Å². The van der Waals surface area contributed by atoms with Gasteiger partial charge in [-0.3, -0.25) is 4.79 Å². The second-order valence-corrected chi connectivity index (χ2v) is 7.88. The summed E-state index contributed by atoms with van der Waals surface area (Å²) in [5.41, 5.74) is 3.64. The number of fused-ring (bicyclic) bond motifs is 1. The molecule has 1 amide bonds. The SMILES string of the molecule is CNCC1CCN(C(=O)c2occc2CN2c3ccccc3CC2C)CC1. The van der Waals surface area contributed by atoms with Crippen LogP contribution >= 0.6 is 0 Å². The van der Waals surface area contributed by atoms with Gasteiger partial charge < -0.3 is 19.5 Å². The maximum atomic E-state index is 13.0. The van der Waals surface area contributed by atoms with Gasteiger partial charge in [0.25, 0.3) is 5.91 Å². The van der Waals surface area contributed by atoms with Gasteiger partial charge in [-0.05, 0) is 63.4 Å². The van der Waals surface area contributed by atoms with Crippen molar-refractivity contribution in [2.75, 3.05) is 31.6 Å². The lowest BCUT2D eigenvalue weighted by molar-refractivity contribution is 0.0657. The largest absolute Gasteiger partial charge is 0.459 e. The van der Waals surface area contributed by atoms with Crippen LogP contribution in [0.5, 0.6) is 0 Å². The van der Waals surface area contributed by atoms with E-state index < -0.39 is 0 Å². The summed E-state index contributed by atoms with van der Waals surface area (Å²) in [5, 5.41) is 3.24. The van der Waals surface area contributed by atoms with Crippen molar-refractivity contribution in [2.45, 2.75) is 38.8 Å². The Hall–Kier alpha value is -2.27. The number of carbonyl (C=O) groups is 1. The fourth-order valence-corrected chi connectivity index (χ4v) is 4.47. The van der Waals surface area contributed by atoms with Crippen molar-refractivity contribution in [3.05, 3.63) is 53.5 Å². The van der Waals surface area contributed by atoms with Gasteiger partial charge in [0.05, 0.1) is 6.26 Å². The van der Waals surface area contributed by atoms with Crippen molar-refractivity contribution in [1.82, 2.24) is 10.2 Å². The van der Waals surface area contributed by atoms with E-state index in [9.17, 15) is 4.79 Å². The van der Waals surface area contributed by atoms with Crippen molar-refractivity contribution in [2.24, 2.45) is 5.92 Å². The number of furan rings is 1. The molecule has 0 bridgehead atoms. The molecule has 1 unspecified atom stereocenters. The van der Waals surface area contributed by atoms with Gasteiger partial charge >= 0.3 is 0 Å². The molecule has 0 saturated carbocycles. The van der Waals surface area contributed by atoms with Crippen LogP contribution < -0.4 is 10.2 Å². The van der Waals surface area contributed by atoms with E-state index in [0.29, 0.717) is 24.3 Å². The molecule has 2 aliphatic rings. The smallest absolute Gasteiger partial charge is 0.289 e. The van der Waals surface area contributed by atoms with E-state index in [1.165, 1.54) is 11.3 Å². The van der Waals surface area contributed by atoms with Crippen LogP contribution in [0.2, 0.25) is 0 Å². The average molecular weight is 367 g/mol. The lowest BCUT2D eigenvalue weighted by Gasteiger charge is -2.32. The zero-order valence-corrected chi connectivity index (χ0v) is 16.3. The molecule has 1 saturated heterocycles. The van der Waals surface area contributed by atoms with Gasteiger partial charge in [-0.1, -0.05) is 18.2 Å². The molecule has 1 aromatic carbocycles. The first-order chi connectivity index (χ1) is 13.2. The van der Waals surface area contributed by atoms with E-state index in [-0.39, 0.29) is 5.91 Å². The molecule has 27 heavy (non-hydrogen) atoms. The van der Waals surface area contributed by atoms with Crippen molar-refractivity contribution < 1.29 is 9.21 Å². The summed E-state index contributed by atoms with van der Waals surface area (Å²) < 4.78 is 5.66. The summed E-state index contributed by atoms with van der Waals surface area (Å²) >= 11 is 0. The van der Waals surface area contributed by atoms with Gasteiger partial charge in [0.15, 0.2) is 5.76 Å². The summed E-state index contributed by atoms with van der Waals surface area (Å²) in [6.45, 7) is 5.61. The molecule has 5 heteroatoms. The van der Waals surface area contributed by atoms with Crippen LogP contribution in [0, 0.1) is 5.92 Å². The zero-order chi connectivity index (χ0) is 18.8. The lowest BCUT2D eigenvalue weighted by atomic mass is 9.96. The predicted octanol–water partition coefficient (Wildman–Crippen LogP) is 3.30. The molecule has 0 spiro atoms. The molecule has 1 N–H and O–H groups in total. The molecule has 1 fully saturated rings. The van der Waals surface area contributed by atoms with Crippen molar-refractivity contribution >= 4 is 11.6 Å². The number of hydrogen-bond acceptors (Lipinski definition) is 4. The Morgan fingerprint density at radius 1 is 1.22 bits per heavy atom. The van der Waals surface area contributed by atoms with Gasteiger partial charge in [0, 0.05) is 36.9 Å². The van der Waals surface area contributed by atoms with Crippen molar-refractivity contribution in [1.29, 1.82) is 0 Å². The number of hydrogen-bond donors (Lipinski definition) is 1. The Bertz CT molecular complexity index is 792. The zero-order valence-electron chi connectivity index (χ0n) is 16.3. The molecule has 0 radical (unpaired) electrons. The molecule has 3 heterocycles. The molecule has 4 rings (SSSR count). The van der Waals surface area contributed by atoms with Gasteiger partial charge in [-0.25, -0.2) is 0 Å². The van der Waals surface area contributed by atoms with Crippen LogP contribution in [-0.4, -0.2) is 43.5 Å². The number of likely N-dealkylation sites (tertiary alicyclic amines) is 1. The summed E-state index contributed by atoms with van der Waals surface area (Å²) in [4.78, 5) is 17.4. The molecule has 144 valence electrons. The Morgan fingerprint density at radius 2 is 2.00 bits per heavy atom. The fraction of sp³-hybridized carbons (Fsp3) is 0.500. The average Bonchev–Trinajstić information content (AvgIpc) is 3.27. The second-order valence-electron chi connectivity index (χ2n) is 7.88. The van der Waals surface area contributed by atoms with Crippen LogP contribution in [-0.2, 0) is 13.0 Å². The highest BCUT2D eigenvalue weighted by Crippen LogP contribution is 2.34. The predicted molar refractivity (Wildman–Crippen MR) is 107 cm³/mol. The summed E-state index contributed by atoms with van der Waals surface area (Å²) in [6.07, 6.45) is 4.82. The van der Waals surface area contributed by atoms with Gasteiger partial charge in [0.2, 0.25) is 0 Å². The molecular formula is C22H29N3O2. The first-order valence-electron chi connectivity index (χ1n) is 10.0. The third-order valence-corrected chi connectivity index (χ3v) is 6.02. The third kappa shape index (κ3) is 3.61. The van der Waals surface area contributed by atoms with Crippen LogP contribution in [0.15, 0.2) is 41.0 Å². The molecule has 0 aliphatic carbocycles. The molecule has 1 aromatic heterocycles. The number of rotatable bonds is 5. The van der Waals surface area contributed by atoms with Gasteiger partial charge in [-0.2, -0.15) is 0 Å². The number of piperidine rings is 1. The van der Waals surface area contributed by atoms with Crippen LogP contribution in [0.25, 0.3) is 0 Å². The normalized spacial score (nSPS) is 20.1. The third-order valence-electron chi connectivity index (χ3n) is 6.02. The quantitative estimate of drug-likeness (QED) is 0.881. The monoisotopic (exact) mass is 367 g/mol. The number of carbonyl (C=O) groups excluding carboxylic acids is 1. The lowest BCUT2D eigenvalue weighted by Crippen LogP contribution is -2.40. The van der Waals surface area contributed by atoms with Crippen LogP contribution in [0.3, 0.4) is 0 Å². The first kappa shape index (κ1) is 18.1. The Morgan fingerprint density at radius 3 is 2.78 bits per heavy atom. The Kier molecular flexibility index (Phi) is 5.21. The maximum Gasteiger partial charge on any atom is 0.289 e. The summed E-state index contributed by atoms with van der Waals surface area (Å²) in [6, 6.07) is 10.9. The number of nitrogens with zero attached hydrogens (tertiary/aromatic N) is 2. The van der Waals surface area contributed by atoms with E-state index in [2.05, 4.69) is 41.4 Å². The van der Waals surface area contributed by atoms with E-state index >= 15 is 0 Å². The van der Waals surface area contributed by atoms with Crippen molar-refractivity contribution in [3.8, 4) is 0 Å². The number of benzene rings is 1. The Labute approximate surface area is 161 Å². The summed E-state index contributed by atoms with van der Waals surface area (Å²) in [5.74, 6) is 1.22. The van der Waals surface area contributed by atoms with E-state index in [1.807, 2.05) is 18.0 Å². The molecule has 5 nitrogen and oxygen atoms in total. The minimum absolute atomic E-state index is 0.0399. The highest BCUT2D eigenvalue weighted by atomic mass is 16.3. The topological polar surface area (TPSA) is 48.7 Å². The van der Waals surface area contributed by atoms with E-state index in [0.717, 1.165) is 44.5 Å². The van der Waals surface area contributed by atoms with Crippen molar-refractivity contribution in [3.63, 3.8) is 0 Å². The maximum absolute atomic E-state index is 13.0. The molecular weight excluding hydrogens is 338 g/mol. The summed E-state index contributed by atoms with van der Waals surface area (Å²) in [7, 11) is 1.99. The minimum atomic E-state index is 0.0399. The van der Waals surface area contributed by atoms with E-state index in [4.69, 9.17) is 4.42 Å². The highest BCUT2D eigenvalue weighted by Gasteiger charge is 2.30. The van der Waals surface area contributed by atoms with Crippen LogP contribution in [0.4, 0.5) is 5.69 Å². The van der Waals surface area contributed by atoms with Gasteiger partial charge in [0.1, 0.15) is 0 Å².